The number of carbonyl (C=O) groups excluding carboxylic acids is 1. The molecule has 2 heterocycles. The van der Waals surface area contributed by atoms with Crippen LogP contribution in [0.1, 0.15) is 16.1 Å². The van der Waals surface area contributed by atoms with Gasteiger partial charge in [-0.1, -0.05) is 18.2 Å². The number of fused-ring (bicyclic) bond motifs is 1. The number of nitrogens with one attached hydrogen (secondary N) is 1. The average Bonchev–Trinajstić information content (AvgIpc) is 2.51. The third kappa shape index (κ3) is 2.41. The van der Waals surface area contributed by atoms with Crippen LogP contribution < -0.4 is 11.1 Å². The van der Waals surface area contributed by atoms with Gasteiger partial charge in [-0.2, -0.15) is 0 Å². The number of amides is 1. The fraction of sp³-hybridized carbons (Fsp3) is 0.0625. The number of aryl methyl sites for hydroxylation is 1. The highest BCUT2D eigenvalue weighted by Crippen LogP contribution is 2.26. The van der Waals surface area contributed by atoms with Crippen molar-refractivity contribution in [1.82, 2.24) is 9.97 Å². The summed E-state index contributed by atoms with van der Waals surface area (Å²) in [6.07, 6.45) is 3.21. The van der Waals surface area contributed by atoms with Crippen LogP contribution in [0, 0.1) is 6.92 Å². The SMILES string of the molecule is Cc1ccc2c(C(=O)Nc3ccccn3)nccc2c1N. The molecule has 5 heteroatoms. The molecule has 0 saturated heterocycles. The van der Waals surface area contributed by atoms with Crippen molar-refractivity contribution in [2.45, 2.75) is 6.92 Å². The van der Waals surface area contributed by atoms with Gasteiger partial charge in [-0.15, -0.1) is 0 Å². The van der Waals surface area contributed by atoms with Crippen molar-refractivity contribution >= 4 is 28.2 Å². The molecule has 0 fully saturated rings. The van der Waals surface area contributed by atoms with Crippen molar-refractivity contribution in [2.24, 2.45) is 0 Å². The number of rotatable bonds is 2. The van der Waals surface area contributed by atoms with Gasteiger partial charge in [0.25, 0.3) is 5.91 Å². The maximum Gasteiger partial charge on any atom is 0.276 e. The molecule has 0 radical (unpaired) electrons. The summed E-state index contributed by atoms with van der Waals surface area (Å²) in [6, 6.07) is 10.9. The van der Waals surface area contributed by atoms with Crippen molar-refractivity contribution in [2.75, 3.05) is 11.1 Å². The van der Waals surface area contributed by atoms with Crippen LogP contribution in [0.15, 0.2) is 48.8 Å². The molecule has 0 aliphatic carbocycles. The number of nitrogen functional groups attached to an aromatic ring is 1. The largest absolute Gasteiger partial charge is 0.398 e. The van der Waals surface area contributed by atoms with Gasteiger partial charge in [-0.3, -0.25) is 9.78 Å². The minimum atomic E-state index is -0.303. The number of aromatic nitrogens is 2. The Morgan fingerprint density at radius 2 is 1.90 bits per heavy atom. The van der Waals surface area contributed by atoms with E-state index in [4.69, 9.17) is 5.73 Å². The van der Waals surface area contributed by atoms with Crippen molar-refractivity contribution in [3.63, 3.8) is 0 Å². The molecule has 0 bridgehead atoms. The van der Waals surface area contributed by atoms with Crippen LogP contribution in [0.2, 0.25) is 0 Å². The molecular formula is C16H14N4O. The molecule has 0 spiro atoms. The van der Waals surface area contributed by atoms with Crippen LogP contribution in [0.25, 0.3) is 10.8 Å². The Kier molecular flexibility index (Phi) is 3.23. The van der Waals surface area contributed by atoms with Gasteiger partial charge in [0.05, 0.1) is 0 Å². The number of benzene rings is 1. The molecule has 3 aromatic rings. The first-order valence-electron chi connectivity index (χ1n) is 6.53. The molecule has 3 N–H and O–H groups in total. The topological polar surface area (TPSA) is 80.9 Å². The lowest BCUT2D eigenvalue weighted by atomic mass is 10.0. The summed E-state index contributed by atoms with van der Waals surface area (Å²) in [5, 5.41) is 4.29. The monoisotopic (exact) mass is 278 g/mol. The summed E-state index contributed by atoms with van der Waals surface area (Å²) < 4.78 is 0. The fourth-order valence-electron chi connectivity index (χ4n) is 2.18. The Labute approximate surface area is 121 Å². The zero-order valence-electron chi connectivity index (χ0n) is 11.5. The van der Waals surface area contributed by atoms with E-state index < -0.39 is 0 Å². The molecule has 3 rings (SSSR count). The number of nitrogens with two attached hydrogens (primary N) is 1. The van der Waals surface area contributed by atoms with Gasteiger partial charge in [-0.25, -0.2) is 4.98 Å². The highest BCUT2D eigenvalue weighted by molar-refractivity contribution is 6.13. The molecule has 0 aliphatic rings. The molecule has 0 aliphatic heterocycles. The smallest absolute Gasteiger partial charge is 0.276 e. The van der Waals surface area contributed by atoms with E-state index in [0.717, 1.165) is 16.3 Å². The first kappa shape index (κ1) is 13.1. The van der Waals surface area contributed by atoms with Gasteiger partial charge < -0.3 is 11.1 Å². The number of hydrogen-bond donors (Lipinski definition) is 2. The summed E-state index contributed by atoms with van der Waals surface area (Å²) in [5.41, 5.74) is 8.05. The number of hydrogen-bond acceptors (Lipinski definition) is 4. The van der Waals surface area contributed by atoms with Crippen LogP contribution in [-0.2, 0) is 0 Å². The lowest BCUT2D eigenvalue weighted by Gasteiger charge is -2.09. The van der Waals surface area contributed by atoms with Crippen LogP contribution >= 0.6 is 0 Å². The third-order valence-electron chi connectivity index (χ3n) is 3.33. The molecule has 5 nitrogen and oxygen atoms in total. The van der Waals surface area contributed by atoms with E-state index in [1.165, 1.54) is 0 Å². The number of pyridine rings is 2. The first-order chi connectivity index (χ1) is 10.2. The number of anilines is 2. The number of nitrogens with zero attached hydrogens (tertiary/aromatic N) is 2. The van der Waals surface area contributed by atoms with Crippen molar-refractivity contribution in [3.8, 4) is 0 Å². The Balaban J connectivity index is 2.05. The Hall–Kier alpha value is -2.95. The molecule has 104 valence electrons. The normalized spacial score (nSPS) is 10.5. The second-order valence-electron chi connectivity index (χ2n) is 4.72. The van der Waals surface area contributed by atoms with Crippen LogP contribution in [0.4, 0.5) is 11.5 Å². The van der Waals surface area contributed by atoms with Crippen LogP contribution in [0.5, 0.6) is 0 Å². The second-order valence-corrected chi connectivity index (χ2v) is 4.72. The predicted octanol–water partition coefficient (Wildman–Crippen LogP) is 2.77. The summed E-state index contributed by atoms with van der Waals surface area (Å²) in [7, 11) is 0. The molecule has 1 amide bonds. The van der Waals surface area contributed by atoms with E-state index >= 15 is 0 Å². The highest BCUT2D eigenvalue weighted by atomic mass is 16.1. The standard InChI is InChI=1S/C16H14N4O/c1-10-5-6-12-11(14(10)17)7-9-19-15(12)16(21)20-13-4-2-3-8-18-13/h2-9H,17H2,1H3,(H,18,20,21). The molecule has 2 aromatic heterocycles. The van der Waals surface area contributed by atoms with Gasteiger partial charge >= 0.3 is 0 Å². The molecule has 1 aromatic carbocycles. The van der Waals surface area contributed by atoms with Gasteiger partial charge in [-0.05, 0) is 30.7 Å². The Morgan fingerprint density at radius 3 is 2.67 bits per heavy atom. The van der Waals surface area contributed by atoms with Crippen molar-refractivity contribution in [3.05, 3.63) is 60.0 Å². The molecule has 0 unspecified atom stereocenters. The summed E-state index contributed by atoms with van der Waals surface area (Å²) in [4.78, 5) is 20.6. The maximum absolute atomic E-state index is 12.4. The third-order valence-corrected chi connectivity index (χ3v) is 3.33. The van der Waals surface area contributed by atoms with Gasteiger partial charge in [0.2, 0.25) is 0 Å². The predicted molar refractivity (Wildman–Crippen MR) is 83.1 cm³/mol. The minimum Gasteiger partial charge on any atom is -0.398 e. The number of carbonyl (C=O) groups is 1. The van der Waals surface area contributed by atoms with Crippen LogP contribution in [0.3, 0.4) is 0 Å². The van der Waals surface area contributed by atoms with E-state index in [2.05, 4.69) is 15.3 Å². The Morgan fingerprint density at radius 1 is 1.05 bits per heavy atom. The van der Waals surface area contributed by atoms with E-state index in [0.29, 0.717) is 17.2 Å². The summed E-state index contributed by atoms with van der Waals surface area (Å²) >= 11 is 0. The molecule has 0 atom stereocenters. The van der Waals surface area contributed by atoms with Gasteiger partial charge in [0.1, 0.15) is 11.5 Å². The highest BCUT2D eigenvalue weighted by Gasteiger charge is 2.14. The molecule has 0 saturated carbocycles. The van der Waals surface area contributed by atoms with E-state index in [1.807, 2.05) is 25.1 Å². The molecule has 21 heavy (non-hydrogen) atoms. The van der Waals surface area contributed by atoms with E-state index in [9.17, 15) is 4.79 Å². The fourth-order valence-corrected chi connectivity index (χ4v) is 2.18. The van der Waals surface area contributed by atoms with Crippen molar-refractivity contribution < 1.29 is 4.79 Å². The lowest BCUT2D eigenvalue weighted by molar-refractivity contribution is 0.102. The van der Waals surface area contributed by atoms with Crippen molar-refractivity contribution in [1.29, 1.82) is 0 Å². The minimum absolute atomic E-state index is 0.303. The van der Waals surface area contributed by atoms with Gasteiger partial charge in [0, 0.05) is 28.9 Å². The van der Waals surface area contributed by atoms with Crippen LogP contribution in [-0.4, -0.2) is 15.9 Å². The second kappa shape index (κ2) is 5.20. The zero-order chi connectivity index (χ0) is 14.8. The molecular weight excluding hydrogens is 264 g/mol. The maximum atomic E-state index is 12.4. The van der Waals surface area contributed by atoms with E-state index in [-0.39, 0.29) is 5.91 Å². The Bertz CT molecular complexity index is 815. The quantitative estimate of drug-likeness (QED) is 0.706. The lowest BCUT2D eigenvalue weighted by Crippen LogP contribution is -2.15. The zero-order valence-corrected chi connectivity index (χ0v) is 11.5. The summed E-state index contributed by atoms with van der Waals surface area (Å²) in [6.45, 7) is 1.93. The summed E-state index contributed by atoms with van der Waals surface area (Å²) in [5.74, 6) is 0.184. The average molecular weight is 278 g/mol. The van der Waals surface area contributed by atoms with E-state index in [1.54, 1.807) is 30.6 Å². The first-order valence-corrected chi connectivity index (χ1v) is 6.53. The van der Waals surface area contributed by atoms with Gasteiger partial charge in [0.15, 0.2) is 0 Å².